The third-order valence-electron chi connectivity index (χ3n) is 4.79. The van der Waals surface area contributed by atoms with Crippen LogP contribution in [0.5, 0.6) is 5.75 Å². The first-order valence-electron chi connectivity index (χ1n) is 9.60. The van der Waals surface area contributed by atoms with Crippen molar-refractivity contribution in [3.8, 4) is 5.75 Å². The largest absolute Gasteiger partial charge is 0.496 e. The molecular formula is C22H22F3N3O3. The van der Waals surface area contributed by atoms with Crippen LogP contribution in [0.1, 0.15) is 29.3 Å². The number of fused-ring (bicyclic) bond motifs is 1. The highest BCUT2D eigenvalue weighted by atomic mass is 19.4. The Kier molecular flexibility index (Phi) is 6.65. The molecule has 6 nitrogen and oxygen atoms in total. The van der Waals surface area contributed by atoms with Crippen molar-refractivity contribution in [2.24, 2.45) is 0 Å². The van der Waals surface area contributed by atoms with E-state index < -0.39 is 11.7 Å². The Bertz CT molecular complexity index is 1070. The number of aliphatic hydroxyl groups excluding tert-OH is 1. The Labute approximate surface area is 177 Å². The maximum Gasteiger partial charge on any atom is 0.416 e. The summed E-state index contributed by atoms with van der Waals surface area (Å²) in [6, 6.07) is 10.8. The lowest BCUT2D eigenvalue weighted by atomic mass is 10.1. The number of rotatable bonds is 7. The summed E-state index contributed by atoms with van der Waals surface area (Å²) in [5.74, 6) is 0.501. The lowest BCUT2D eigenvalue weighted by Crippen LogP contribution is -2.36. The summed E-state index contributed by atoms with van der Waals surface area (Å²) in [6.45, 7) is 1.69. The van der Waals surface area contributed by atoms with Gasteiger partial charge in [0.15, 0.2) is 0 Å². The van der Waals surface area contributed by atoms with E-state index in [4.69, 9.17) is 4.74 Å². The van der Waals surface area contributed by atoms with Crippen LogP contribution in [-0.4, -0.2) is 35.8 Å². The van der Waals surface area contributed by atoms with Gasteiger partial charge >= 0.3 is 6.18 Å². The number of anilines is 2. The number of alkyl halides is 3. The number of benzene rings is 2. The number of pyridine rings is 1. The zero-order chi connectivity index (χ0) is 22.6. The van der Waals surface area contributed by atoms with E-state index >= 15 is 0 Å². The molecule has 1 atom stereocenters. The molecule has 3 rings (SSSR count). The van der Waals surface area contributed by atoms with Crippen molar-refractivity contribution in [1.29, 1.82) is 0 Å². The van der Waals surface area contributed by atoms with Crippen LogP contribution in [0.3, 0.4) is 0 Å². The standard InChI is InChI=1S/C22H22F3N3O3/c1-3-15(12-29)27-21(30)13-4-9-17-18(10-13)28-20(11-19(17)31-2)26-16-7-5-14(6-8-16)22(23,24)25/h4-11,15,29H,3,12H2,1-2H3,(H,26,28)(H,27,30). The molecule has 0 aliphatic rings. The monoisotopic (exact) mass is 433 g/mol. The van der Waals surface area contributed by atoms with E-state index in [1.165, 1.54) is 19.2 Å². The number of hydrogen-bond acceptors (Lipinski definition) is 5. The van der Waals surface area contributed by atoms with Crippen LogP contribution in [0, 0.1) is 0 Å². The number of ether oxygens (including phenoxy) is 1. The zero-order valence-corrected chi connectivity index (χ0v) is 17.0. The van der Waals surface area contributed by atoms with Crippen molar-refractivity contribution < 1.29 is 27.8 Å². The highest BCUT2D eigenvalue weighted by molar-refractivity contribution is 5.99. The number of aromatic nitrogens is 1. The van der Waals surface area contributed by atoms with Crippen LogP contribution in [0.15, 0.2) is 48.5 Å². The highest BCUT2D eigenvalue weighted by Gasteiger charge is 2.29. The Hall–Kier alpha value is -3.33. The summed E-state index contributed by atoms with van der Waals surface area (Å²) in [5, 5.41) is 15.7. The summed E-state index contributed by atoms with van der Waals surface area (Å²) in [6.07, 6.45) is -3.82. The van der Waals surface area contributed by atoms with Gasteiger partial charge in [0.25, 0.3) is 5.91 Å². The van der Waals surface area contributed by atoms with Gasteiger partial charge in [-0.2, -0.15) is 13.2 Å². The van der Waals surface area contributed by atoms with Crippen molar-refractivity contribution in [3.05, 3.63) is 59.7 Å². The Morgan fingerprint density at radius 2 is 1.87 bits per heavy atom. The van der Waals surface area contributed by atoms with Crippen molar-refractivity contribution in [2.45, 2.75) is 25.6 Å². The SMILES string of the molecule is CCC(CO)NC(=O)c1ccc2c(OC)cc(Nc3ccc(C(F)(F)F)cc3)nc2c1. The lowest BCUT2D eigenvalue weighted by molar-refractivity contribution is -0.137. The van der Waals surface area contributed by atoms with Gasteiger partial charge in [0.1, 0.15) is 11.6 Å². The average molecular weight is 433 g/mol. The topological polar surface area (TPSA) is 83.5 Å². The van der Waals surface area contributed by atoms with E-state index in [-0.39, 0.29) is 18.6 Å². The maximum atomic E-state index is 12.8. The van der Waals surface area contributed by atoms with E-state index in [1.54, 1.807) is 24.3 Å². The Morgan fingerprint density at radius 3 is 2.45 bits per heavy atom. The van der Waals surface area contributed by atoms with Crippen molar-refractivity contribution in [3.63, 3.8) is 0 Å². The third kappa shape index (κ3) is 5.24. The number of aliphatic hydroxyl groups is 1. The number of carbonyl (C=O) groups is 1. The van der Waals surface area contributed by atoms with E-state index in [1.807, 2.05) is 6.92 Å². The van der Waals surface area contributed by atoms with Crippen molar-refractivity contribution >= 4 is 28.3 Å². The molecule has 2 aromatic carbocycles. The Balaban J connectivity index is 1.91. The maximum absolute atomic E-state index is 12.8. The predicted molar refractivity (Wildman–Crippen MR) is 112 cm³/mol. The second kappa shape index (κ2) is 9.22. The van der Waals surface area contributed by atoms with Gasteiger partial charge in [-0.15, -0.1) is 0 Å². The molecule has 1 unspecified atom stereocenters. The molecule has 0 radical (unpaired) electrons. The van der Waals surface area contributed by atoms with Crippen LogP contribution >= 0.6 is 0 Å². The van der Waals surface area contributed by atoms with E-state index in [0.717, 1.165) is 12.1 Å². The van der Waals surface area contributed by atoms with Crippen LogP contribution < -0.4 is 15.4 Å². The fourth-order valence-corrected chi connectivity index (χ4v) is 3.01. The van der Waals surface area contributed by atoms with Gasteiger partial charge in [-0.3, -0.25) is 4.79 Å². The first-order chi connectivity index (χ1) is 14.7. The van der Waals surface area contributed by atoms with E-state index in [2.05, 4.69) is 15.6 Å². The molecule has 3 N–H and O–H groups in total. The quantitative estimate of drug-likeness (QED) is 0.511. The average Bonchev–Trinajstić information content (AvgIpc) is 2.76. The van der Waals surface area contributed by atoms with Gasteiger partial charge < -0.3 is 20.5 Å². The molecule has 0 aliphatic heterocycles. The summed E-state index contributed by atoms with van der Waals surface area (Å²) >= 11 is 0. The third-order valence-corrected chi connectivity index (χ3v) is 4.79. The van der Waals surface area contributed by atoms with Gasteiger partial charge in [0.2, 0.25) is 0 Å². The van der Waals surface area contributed by atoms with Crippen LogP contribution in [0.4, 0.5) is 24.7 Å². The number of carbonyl (C=O) groups excluding carboxylic acids is 1. The van der Waals surface area contributed by atoms with Crippen LogP contribution in [0.25, 0.3) is 10.9 Å². The number of halogens is 3. The zero-order valence-electron chi connectivity index (χ0n) is 17.0. The molecule has 164 valence electrons. The van der Waals surface area contributed by atoms with Crippen LogP contribution in [0.2, 0.25) is 0 Å². The Morgan fingerprint density at radius 1 is 1.16 bits per heavy atom. The van der Waals surface area contributed by atoms with Gasteiger partial charge in [-0.05, 0) is 48.9 Å². The molecule has 3 aromatic rings. The predicted octanol–water partition coefficient (Wildman–Crippen LogP) is 4.51. The molecule has 0 bridgehead atoms. The van der Waals surface area contributed by atoms with Gasteiger partial charge in [-0.25, -0.2) is 4.98 Å². The molecular weight excluding hydrogens is 411 g/mol. The summed E-state index contributed by atoms with van der Waals surface area (Å²) in [5.41, 5.74) is 0.509. The fourth-order valence-electron chi connectivity index (χ4n) is 3.01. The fraction of sp³-hybridized carbons (Fsp3) is 0.273. The van der Waals surface area contributed by atoms with Gasteiger partial charge in [0.05, 0.1) is 30.8 Å². The second-order valence-corrected chi connectivity index (χ2v) is 6.90. The molecule has 0 saturated carbocycles. The smallest absolute Gasteiger partial charge is 0.416 e. The molecule has 0 aliphatic carbocycles. The molecule has 1 amide bonds. The summed E-state index contributed by atoms with van der Waals surface area (Å²) < 4.78 is 43.7. The van der Waals surface area contributed by atoms with E-state index in [0.29, 0.717) is 40.1 Å². The number of hydrogen-bond donors (Lipinski definition) is 3. The highest BCUT2D eigenvalue weighted by Crippen LogP contribution is 2.32. The molecule has 31 heavy (non-hydrogen) atoms. The van der Waals surface area contributed by atoms with Crippen molar-refractivity contribution in [1.82, 2.24) is 10.3 Å². The number of amides is 1. The summed E-state index contributed by atoms with van der Waals surface area (Å²) in [4.78, 5) is 16.9. The van der Waals surface area contributed by atoms with Crippen molar-refractivity contribution in [2.75, 3.05) is 19.0 Å². The number of nitrogens with one attached hydrogen (secondary N) is 2. The number of nitrogens with zero attached hydrogens (tertiary/aromatic N) is 1. The minimum atomic E-state index is -4.41. The van der Waals surface area contributed by atoms with Gasteiger partial charge in [0, 0.05) is 22.7 Å². The minimum Gasteiger partial charge on any atom is -0.496 e. The minimum absolute atomic E-state index is 0.164. The molecule has 0 spiro atoms. The summed E-state index contributed by atoms with van der Waals surface area (Å²) in [7, 11) is 1.49. The molecule has 1 heterocycles. The second-order valence-electron chi connectivity index (χ2n) is 6.90. The van der Waals surface area contributed by atoms with Gasteiger partial charge in [-0.1, -0.05) is 6.92 Å². The lowest BCUT2D eigenvalue weighted by Gasteiger charge is -2.15. The molecule has 1 aromatic heterocycles. The van der Waals surface area contributed by atoms with Crippen LogP contribution in [-0.2, 0) is 6.18 Å². The first kappa shape index (κ1) is 22.4. The first-order valence-corrected chi connectivity index (χ1v) is 9.60. The molecule has 0 saturated heterocycles. The number of methoxy groups -OCH3 is 1. The van der Waals surface area contributed by atoms with E-state index in [9.17, 15) is 23.1 Å². The normalized spacial score (nSPS) is 12.5. The molecule has 9 heteroatoms. The molecule has 0 fully saturated rings.